The van der Waals surface area contributed by atoms with Gasteiger partial charge in [0.1, 0.15) is 5.60 Å². The minimum absolute atomic E-state index is 0.0756. The fourth-order valence-corrected chi connectivity index (χ4v) is 4.72. The van der Waals surface area contributed by atoms with Crippen LogP contribution in [0.3, 0.4) is 0 Å². The van der Waals surface area contributed by atoms with E-state index in [0.717, 1.165) is 12.8 Å². The molecule has 0 aromatic carbocycles. The molecule has 1 aliphatic heterocycles. The second-order valence-corrected chi connectivity index (χ2v) is 9.16. The van der Waals surface area contributed by atoms with E-state index in [4.69, 9.17) is 4.74 Å². The Morgan fingerprint density at radius 3 is 1.89 bits per heavy atom. The van der Waals surface area contributed by atoms with Gasteiger partial charge in [0, 0.05) is 9.65 Å². The third kappa shape index (κ3) is 2.11. The SMILES string of the molecule is CC(C)(C)OC(=O)N1[C@@]2(C)C[C@@H](Br)[C@@H](Br)C[C@]12C. The van der Waals surface area contributed by atoms with Gasteiger partial charge in [-0.1, -0.05) is 31.9 Å². The summed E-state index contributed by atoms with van der Waals surface area (Å²) < 4.78 is 5.51. The van der Waals surface area contributed by atoms with Crippen LogP contribution < -0.4 is 0 Å². The van der Waals surface area contributed by atoms with Crippen LogP contribution in [-0.4, -0.2) is 37.3 Å². The number of ether oxygens (including phenoxy) is 1. The highest BCUT2D eigenvalue weighted by atomic mass is 79.9. The third-order valence-corrected chi connectivity index (χ3v) is 6.88. The van der Waals surface area contributed by atoms with Crippen LogP contribution in [0.25, 0.3) is 0 Å². The van der Waals surface area contributed by atoms with Gasteiger partial charge >= 0.3 is 6.09 Å². The number of carbonyl (C=O) groups excluding carboxylic acids is 1. The van der Waals surface area contributed by atoms with Crippen molar-refractivity contribution in [1.82, 2.24) is 4.90 Å². The molecule has 0 bridgehead atoms. The van der Waals surface area contributed by atoms with Crippen molar-refractivity contribution in [3.8, 4) is 0 Å². The molecule has 2 aliphatic rings. The Kier molecular flexibility index (Phi) is 3.34. The second-order valence-electron chi connectivity index (χ2n) is 6.80. The van der Waals surface area contributed by atoms with Gasteiger partial charge in [0.2, 0.25) is 0 Å². The lowest BCUT2D eigenvalue weighted by molar-refractivity contribution is 0.0358. The summed E-state index contributed by atoms with van der Waals surface area (Å²) in [6.07, 6.45) is 1.73. The molecule has 5 heteroatoms. The van der Waals surface area contributed by atoms with Crippen molar-refractivity contribution in [2.75, 3.05) is 0 Å². The number of fused-ring (bicyclic) bond motifs is 1. The zero-order chi connectivity index (χ0) is 13.9. The molecule has 2 fully saturated rings. The molecule has 0 radical (unpaired) electrons. The maximum Gasteiger partial charge on any atom is 0.411 e. The molecule has 3 nitrogen and oxygen atoms in total. The Hall–Kier alpha value is 0.230. The van der Waals surface area contributed by atoms with Gasteiger partial charge in [0.05, 0.1) is 11.1 Å². The van der Waals surface area contributed by atoms with E-state index in [2.05, 4.69) is 45.7 Å². The van der Waals surface area contributed by atoms with E-state index in [0.29, 0.717) is 9.65 Å². The molecule has 0 unspecified atom stereocenters. The van der Waals surface area contributed by atoms with Gasteiger partial charge in [0.25, 0.3) is 0 Å². The molecule has 0 N–H and O–H groups in total. The monoisotopic (exact) mass is 381 g/mol. The molecule has 1 heterocycles. The average Bonchev–Trinajstić information content (AvgIpc) is 2.59. The van der Waals surface area contributed by atoms with Crippen molar-refractivity contribution in [2.45, 2.75) is 73.8 Å². The Bertz CT molecular complexity index is 360. The maximum absolute atomic E-state index is 12.3. The molecular weight excluding hydrogens is 362 g/mol. The van der Waals surface area contributed by atoms with Crippen LogP contribution >= 0.6 is 31.9 Å². The summed E-state index contributed by atoms with van der Waals surface area (Å²) in [5, 5.41) is 0. The lowest BCUT2D eigenvalue weighted by Gasteiger charge is -2.28. The third-order valence-electron chi connectivity index (χ3n) is 4.25. The largest absolute Gasteiger partial charge is 0.444 e. The maximum atomic E-state index is 12.3. The fraction of sp³-hybridized carbons (Fsp3) is 0.923. The molecule has 1 amide bonds. The van der Waals surface area contributed by atoms with Crippen molar-refractivity contribution in [2.24, 2.45) is 0 Å². The van der Waals surface area contributed by atoms with Crippen LogP contribution in [0, 0.1) is 0 Å². The van der Waals surface area contributed by atoms with Crippen LogP contribution in [-0.2, 0) is 4.74 Å². The van der Waals surface area contributed by atoms with Crippen LogP contribution in [0.15, 0.2) is 0 Å². The summed E-state index contributed by atoms with van der Waals surface area (Å²) in [6, 6.07) is 0. The van der Waals surface area contributed by atoms with E-state index < -0.39 is 5.60 Å². The predicted octanol–water partition coefficient (Wildman–Crippen LogP) is 4.08. The summed E-state index contributed by atoms with van der Waals surface area (Å²) >= 11 is 7.38. The lowest BCUT2D eigenvalue weighted by atomic mass is 9.82. The van der Waals surface area contributed by atoms with Crippen molar-refractivity contribution >= 4 is 38.0 Å². The lowest BCUT2D eigenvalue weighted by Crippen LogP contribution is -2.36. The van der Waals surface area contributed by atoms with E-state index in [1.807, 2.05) is 25.7 Å². The zero-order valence-corrected chi connectivity index (χ0v) is 14.8. The molecule has 0 aromatic heterocycles. The molecule has 1 saturated carbocycles. The summed E-state index contributed by atoms with van der Waals surface area (Å²) in [4.78, 5) is 15.0. The number of amides is 1. The Labute approximate surface area is 126 Å². The molecule has 0 aromatic rings. The molecule has 2 rings (SSSR count). The Morgan fingerprint density at radius 2 is 1.56 bits per heavy atom. The van der Waals surface area contributed by atoms with Crippen molar-refractivity contribution < 1.29 is 9.53 Å². The zero-order valence-electron chi connectivity index (χ0n) is 11.6. The van der Waals surface area contributed by atoms with Crippen molar-refractivity contribution in [3.05, 3.63) is 0 Å². The van der Waals surface area contributed by atoms with Gasteiger partial charge in [-0.15, -0.1) is 0 Å². The van der Waals surface area contributed by atoms with E-state index in [1.165, 1.54) is 0 Å². The Balaban J connectivity index is 2.15. The number of halogens is 2. The fourth-order valence-electron chi connectivity index (χ4n) is 3.08. The van der Waals surface area contributed by atoms with Gasteiger partial charge < -0.3 is 4.74 Å². The van der Waals surface area contributed by atoms with Gasteiger partial charge in [0.15, 0.2) is 0 Å². The first kappa shape index (κ1) is 14.6. The quantitative estimate of drug-likeness (QED) is 0.466. The van der Waals surface area contributed by atoms with E-state index in [1.54, 1.807) is 0 Å². The smallest absolute Gasteiger partial charge is 0.411 e. The second kappa shape index (κ2) is 4.11. The number of nitrogens with zero attached hydrogens (tertiary/aromatic N) is 1. The molecule has 4 atom stereocenters. The van der Waals surface area contributed by atoms with Crippen LogP contribution in [0.4, 0.5) is 4.79 Å². The van der Waals surface area contributed by atoms with Gasteiger partial charge in [-0.25, -0.2) is 4.79 Å². The van der Waals surface area contributed by atoms with Gasteiger partial charge in [-0.3, -0.25) is 4.90 Å². The van der Waals surface area contributed by atoms with E-state index >= 15 is 0 Å². The molecule has 0 spiro atoms. The normalized spacial score (nSPS) is 43.4. The summed E-state index contributed by atoms with van der Waals surface area (Å²) in [5.41, 5.74) is -0.585. The number of alkyl halides is 2. The highest BCUT2D eigenvalue weighted by molar-refractivity contribution is 9.12. The molecule has 1 aliphatic carbocycles. The van der Waals surface area contributed by atoms with E-state index in [-0.39, 0.29) is 17.2 Å². The van der Waals surface area contributed by atoms with Crippen LogP contribution in [0.2, 0.25) is 0 Å². The summed E-state index contributed by atoms with van der Waals surface area (Å²) in [7, 11) is 0. The number of rotatable bonds is 0. The number of carbonyl (C=O) groups is 1. The number of likely N-dealkylation sites (tertiary alicyclic amines) is 1. The highest BCUT2D eigenvalue weighted by Gasteiger charge is 2.74. The molecule has 104 valence electrons. The topological polar surface area (TPSA) is 29.3 Å². The number of hydrogen-bond acceptors (Lipinski definition) is 2. The minimum Gasteiger partial charge on any atom is -0.444 e. The molecular formula is C13H21Br2NO2. The first-order chi connectivity index (χ1) is 8.01. The van der Waals surface area contributed by atoms with Crippen LogP contribution in [0.1, 0.15) is 47.5 Å². The predicted molar refractivity (Wildman–Crippen MR) is 79.5 cm³/mol. The van der Waals surface area contributed by atoms with Crippen molar-refractivity contribution in [3.63, 3.8) is 0 Å². The molecule has 18 heavy (non-hydrogen) atoms. The van der Waals surface area contributed by atoms with Gasteiger partial charge in [-0.05, 0) is 47.5 Å². The average molecular weight is 383 g/mol. The summed E-state index contributed by atoms with van der Waals surface area (Å²) in [6.45, 7) is 10.0. The number of hydrogen-bond donors (Lipinski definition) is 0. The van der Waals surface area contributed by atoms with Gasteiger partial charge in [-0.2, -0.15) is 0 Å². The first-order valence-electron chi connectivity index (χ1n) is 6.33. The summed E-state index contributed by atoms with van der Waals surface area (Å²) in [5.74, 6) is 0. The van der Waals surface area contributed by atoms with E-state index in [9.17, 15) is 4.79 Å². The van der Waals surface area contributed by atoms with Crippen LogP contribution in [0.5, 0.6) is 0 Å². The first-order valence-corrected chi connectivity index (χ1v) is 8.16. The molecule has 1 saturated heterocycles. The van der Waals surface area contributed by atoms with Crippen molar-refractivity contribution in [1.29, 1.82) is 0 Å². The highest BCUT2D eigenvalue weighted by Crippen LogP contribution is 2.62. The Morgan fingerprint density at radius 1 is 1.17 bits per heavy atom. The minimum atomic E-state index is -0.433. The standard InChI is InChI=1S/C13H21Br2NO2/c1-11(2,3)18-10(17)16-12(4)6-8(14)9(15)7-13(12,16)5/h8-9H,6-7H2,1-5H3/t8-,9+,12-,13-,16?/m0/s1.